The minimum atomic E-state index is -1.40. The molecule has 0 unspecified atom stereocenters. The van der Waals surface area contributed by atoms with Crippen molar-refractivity contribution in [2.24, 2.45) is 5.92 Å². The molecule has 0 bridgehead atoms. The van der Waals surface area contributed by atoms with Crippen LogP contribution in [0.4, 0.5) is 14.5 Å². The summed E-state index contributed by atoms with van der Waals surface area (Å²) in [5, 5.41) is 14.3. The van der Waals surface area contributed by atoms with E-state index in [1.54, 1.807) is 23.3 Å². The molecule has 1 aliphatic carbocycles. The molecule has 3 N–H and O–H groups in total. The molecule has 1 saturated heterocycles. The number of carboxylic acids is 1. The fourth-order valence-electron chi connectivity index (χ4n) is 5.16. The number of nitrogens with one attached hydrogen (secondary N) is 2. The maximum Gasteiger partial charge on any atom is 0.341 e. The van der Waals surface area contributed by atoms with Crippen LogP contribution in [-0.4, -0.2) is 66.5 Å². The lowest BCUT2D eigenvalue weighted by Crippen LogP contribution is -2.38. The number of halogens is 2. The first kappa shape index (κ1) is 31.6. The molecular formula is C30H36F2N4O7. The molecule has 2 aliphatic rings. The van der Waals surface area contributed by atoms with Crippen molar-refractivity contribution in [2.75, 3.05) is 38.2 Å². The molecule has 43 heavy (non-hydrogen) atoms. The van der Waals surface area contributed by atoms with Crippen molar-refractivity contribution in [2.45, 2.75) is 58.4 Å². The molecule has 232 valence electrons. The summed E-state index contributed by atoms with van der Waals surface area (Å²) in [6.07, 6.45) is 3.70. The number of carbonyl (C=O) groups excluding carboxylic acids is 3. The SMILES string of the molecule is COc1c(N2CCC/C(=C(\F)CNC(=O)CNC(=O)CCC(=O)C(C)C)C2)c(F)cc2c(=O)c(C(=O)O)cn(C3CC3)c12. The molecule has 0 spiro atoms. The molecule has 1 aromatic heterocycles. The van der Waals surface area contributed by atoms with Crippen molar-refractivity contribution in [3.8, 4) is 5.75 Å². The van der Waals surface area contributed by atoms with Gasteiger partial charge >= 0.3 is 5.97 Å². The van der Waals surface area contributed by atoms with Gasteiger partial charge in [-0.1, -0.05) is 13.8 Å². The summed E-state index contributed by atoms with van der Waals surface area (Å²) in [7, 11) is 1.34. The largest absolute Gasteiger partial charge is 0.492 e. The Morgan fingerprint density at radius 3 is 2.44 bits per heavy atom. The number of nitrogens with zero attached hydrogens (tertiary/aromatic N) is 2. The molecule has 13 heteroatoms. The van der Waals surface area contributed by atoms with Gasteiger partial charge in [-0.3, -0.25) is 19.2 Å². The number of aromatic carboxylic acids is 1. The van der Waals surface area contributed by atoms with Gasteiger partial charge in [0, 0.05) is 44.1 Å². The number of carboxylic acid groups (broad SMARTS) is 1. The fourth-order valence-corrected chi connectivity index (χ4v) is 5.16. The van der Waals surface area contributed by atoms with Crippen LogP contribution in [-0.2, 0) is 14.4 Å². The van der Waals surface area contributed by atoms with Gasteiger partial charge in [0.1, 0.15) is 22.9 Å². The number of amides is 2. The number of ether oxygens (including phenoxy) is 1. The van der Waals surface area contributed by atoms with Gasteiger partial charge in [-0.25, -0.2) is 13.6 Å². The summed E-state index contributed by atoms with van der Waals surface area (Å²) in [6.45, 7) is 3.07. The highest BCUT2D eigenvalue weighted by molar-refractivity contribution is 5.97. The highest BCUT2D eigenvalue weighted by Crippen LogP contribution is 2.44. The minimum Gasteiger partial charge on any atom is -0.492 e. The van der Waals surface area contributed by atoms with Crippen molar-refractivity contribution < 1.29 is 37.8 Å². The summed E-state index contributed by atoms with van der Waals surface area (Å²) in [6, 6.07) is 0.959. The number of carbonyl (C=O) groups is 4. The van der Waals surface area contributed by atoms with E-state index in [2.05, 4.69) is 10.6 Å². The monoisotopic (exact) mass is 602 g/mol. The van der Waals surface area contributed by atoms with Gasteiger partial charge < -0.3 is 29.9 Å². The Bertz CT molecular complexity index is 1550. The van der Waals surface area contributed by atoms with Crippen LogP contribution in [0.15, 0.2) is 28.5 Å². The number of methoxy groups -OCH3 is 1. The normalized spacial score (nSPS) is 16.3. The summed E-state index contributed by atoms with van der Waals surface area (Å²) >= 11 is 0. The summed E-state index contributed by atoms with van der Waals surface area (Å²) in [5.74, 6) is -4.02. The van der Waals surface area contributed by atoms with E-state index in [1.165, 1.54) is 13.3 Å². The Kier molecular flexibility index (Phi) is 9.82. The second-order valence-corrected chi connectivity index (χ2v) is 11.2. The molecule has 0 radical (unpaired) electrons. The van der Waals surface area contributed by atoms with Gasteiger partial charge in [-0.15, -0.1) is 0 Å². The van der Waals surface area contributed by atoms with Crippen LogP contribution in [0.1, 0.15) is 68.8 Å². The van der Waals surface area contributed by atoms with Gasteiger partial charge in [0.15, 0.2) is 11.6 Å². The first-order valence-electron chi connectivity index (χ1n) is 14.3. The molecule has 2 heterocycles. The van der Waals surface area contributed by atoms with E-state index in [0.717, 1.165) is 18.9 Å². The number of piperidine rings is 1. The first-order chi connectivity index (χ1) is 20.4. The van der Waals surface area contributed by atoms with Crippen LogP contribution in [0.2, 0.25) is 0 Å². The van der Waals surface area contributed by atoms with Crippen LogP contribution in [0.5, 0.6) is 5.75 Å². The molecule has 2 aromatic rings. The lowest BCUT2D eigenvalue weighted by molar-refractivity contribution is -0.128. The molecule has 2 amide bonds. The Balaban J connectivity index is 1.50. The van der Waals surface area contributed by atoms with Crippen LogP contribution in [0.3, 0.4) is 0 Å². The van der Waals surface area contributed by atoms with Crippen molar-refractivity contribution in [3.05, 3.63) is 45.3 Å². The number of anilines is 1. The number of aromatic nitrogens is 1. The molecule has 0 atom stereocenters. The maximum atomic E-state index is 15.6. The van der Waals surface area contributed by atoms with E-state index in [1.807, 2.05) is 0 Å². The number of rotatable bonds is 12. The van der Waals surface area contributed by atoms with Crippen LogP contribution in [0.25, 0.3) is 10.9 Å². The van der Waals surface area contributed by atoms with E-state index < -0.39 is 47.0 Å². The fraction of sp³-hybridized carbons (Fsp3) is 0.500. The predicted molar refractivity (Wildman–Crippen MR) is 155 cm³/mol. The van der Waals surface area contributed by atoms with Crippen LogP contribution < -0.4 is 25.7 Å². The minimum absolute atomic E-state index is 0.00196. The van der Waals surface area contributed by atoms with E-state index in [9.17, 15) is 29.1 Å². The zero-order valence-corrected chi connectivity index (χ0v) is 24.4. The number of hydrogen-bond donors (Lipinski definition) is 3. The summed E-state index contributed by atoms with van der Waals surface area (Å²) in [5.41, 5.74) is -0.591. The first-order valence-corrected chi connectivity index (χ1v) is 14.3. The lowest BCUT2D eigenvalue weighted by Gasteiger charge is -2.33. The van der Waals surface area contributed by atoms with Gasteiger partial charge in [-0.05, 0) is 37.3 Å². The van der Waals surface area contributed by atoms with E-state index in [-0.39, 0.29) is 66.0 Å². The molecule has 2 fully saturated rings. The number of Topliss-reactive ketones (excluding diaryl/α,β-unsaturated/α-hetero) is 1. The topological polar surface area (TPSA) is 147 Å². The second kappa shape index (κ2) is 13.3. The predicted octanol–water partition coefficient (Wildman–Crippen LogP) is 3.24. The third kappa shape index (κ3) is 7.20. The highest BCUT2D eigenvalue weighted by Gasteiger charge is 2.32. The molecule has 4 rings (SSSR count). The van der Waals surface area contributed by atoms with E-state index in [0.29, 0.717) is 25.0 Å². The maximum absolute atomic E-state index is 15.6. The highest BCUT2D eigenvalue weighted by atomic mass is 19.1. The van der Waals surface area contributed by atoms with E-state index >= 15 is 8.78 Å². The Morgan fingerprint density at radius 1 is 1.12 bits per heavy atom. The third-order valence-electron chi connectivity index (χ3n) is 7.69. The van der Waals surface area contributed by atoms with Crippen LogP contribution >= 0.6 is 0 Å². The summed E-state index contributed by atoms with van der Waals surface area (Å²) in [4.78, 5) is 62.0. The Hall–Kier alpha value is -4.29. The molecule has 1 aliphatic heterocycles. The lowest BCUT2D eigenvalue weighted by atomic mass is 10.0. The molecule has 11 nitrogen and oxygen atoms in total. The van der Waals surface area contributed by atoms with Gasteiger partial charge in [0.05, 0.1) is 31.1 Å². The van der Waals surface area contributed by atoms with Gasteiger partial charge in [-0.2, -0.15) is 0 Å². The van der Waals surface area contributed by atoms with Gasteiger partial charge in [0.2, 0.25) is 17.2 Å². The average Bonchev–Trinajstić information content (AvgIpc) is 3.82. The number of fused-ring (bicyclic) bond motifs is 1. The average molecular weight is 603 g/mol. The Labute approximate surface area is 246 Å². The van der Waals surface area contributed by atoms with Gasteiger partial charge in [0.25, 0.3) is 0 Å². The second-order valence-electron chi connectivity index (χ2n) is 11.2. The third-order valence-corrected chi connectivity index (χ3v) is 7.69. The number of ketones is 1. The zero-order valence-electron chi connectivity index (χ0n) is 24.4. The van der Waals surface area contributed by atoms with Crippen molar-refractivity contribution in [1.82, 2.24) is 15.2 Å². The molecule has 1 saturated carbocycles. The molecular weight excluding hydrogens is 566 g/mol. The van der Waals surface area contributed by atoms with Crippen LogP contribution in [0, 0.1) is 11.7 Å². The quantitative estimate of drug-likeness (QED) is 0.336. The number of hydrogen-bond acceptors (Lipinski definition) is 7. The summed E-state index contributed by atoms with van der Waals surface area (Å²) < 4.78 is 38.1. The molecule has 1 aromatic carbocycles. The van der Waals surface area contributed by atoms with E-state index in [4.69, 9.17) is 4.74 Å². The van der Waals surface area contributed by atoms with Crippen molar-refractivity contribution >= 4 is 40.2 Å². The standard InChI is InChI=1S/C30H36F2N4O7/c1-16(2)23(37)8-9-24(38)34-13-25(39)33-12-22(32)17-5-4-10-35(14-17)27-21(31)11-19-26(29(27)43-3)36(18-6-7-18)15-20(28(19)40)30(41)42/h11,15-16,18H,4-10,12-14H2,1-3H3,(H,33,39)(H,34,38)(H,41,42)/b22-17+. The Morgan fingerprint density at radius 2 is 1.81 bits per heavy atom. The number of benzene rings is 1. The van der Waals surface area contributed by atoms with Crippen molar-refractivity contribution in [1.29, 1.82) is 0 Å². The number of pyridine rings is 1. The smallest absolute Gasteiger partial charge is 0.341 e. The zero-order chi connectivity index (χ0) is 31.4. The van der Waals surface area contributed by atoms with Crippen molar-refractivity contribution in [3.63, 3.8) is 0 Å².